The third-order valence-corrected chi connectivity index (χ3v) is 2.88. The van der Waals surface area contributed by atoms with Crippen LogP contribution in [0.5, 0.6) is 0 Å². The van der Waals surface area contributed by atoms with Crippen LogP contribution in [-0.4, -0.2) is 10.2 Å². The zero-order valence-electron chi connectivity index (χ0n) is 10.2. The van der Waals surface area contributed by atoms with Crippen molar-refractivity contribution in [3.05, 3.63) is 47.1 Å². The van der Waals surface area contributed by atoms with Crippen molar-refractivity contribution in [2.24, 2.45) is 0 Å². The fourth-order valence-corrected chi connectivity index (χ4v) is 1.71. The summed E-state index contributed by atoms with van der Waals surface area (Å²) in [4.78, 5) is 0. The first-order valence-electron chi connectivity index (χ1n) is 5.57. The standard InChI is InChI=1S/C14H15ClN2/c1-14(2,3)11-6-4-10(5-7-11)12-8-9-13(15)17-16-12/h4-9H,1-3H3. The molecule has 1 heterocycles. The molecular weight excluding hydrogens is 232 g/mol. The van der Waals surface area contributed by atoms with E-state index in [0.717, 1.165) is 11.3 Å². The highest BCUT2D eigenvalue weighted by atomic mass is 35.5. The first-order valence-corrected chi connectivity index (χ1v) is 5.95. The molecule has 1 aromatic heterocycles. The van der Waals surface area contributed by atoms with Crippen molar-refractivity contribution in [3.8, 4) is 11.3 Å². The van der Waals surface area contributed by atoms with Crippen LogP contribution in [0.1, 0.15) is 26.3 Å². The van der Waals surface area contributed by atoms with Crippen molar-refractivity contribution in [1.29, 1.82) is 0 Å². The van der Waals surface area contributed by atoms with Crippen LogP contribution in [0.4, 0.5) is 0 Å². The summed E-state index contributed by atoms with van der Waals surface area (Å²) in [5.41, 5.74) is 3.38. The summed E-state index contributed by atoms with van der Waals surface area (Å²) >= 11 is 5.71. The molecular formula is C14H15ClN2. The maximum absolute atomic E-state index is 5.71. The predicted octanol–water partition coefficient (Wildman–Crippen LogP) is 4.09. The summed E-state index contributed by atoms with van der Waals surface area (Å²) < 4.78 is 0. The van der Waals surface area contributed by atoms with Gasteiger partial charge < -0.3 is 0 Å². The second kappa shape index (κ2) is 4.46. The molecule has 0 aliphatic carbocycles. The molecule has 1 aromatic carbocycles. The van der Waals surface area contributed by atoms with Gasteiger partial charge in [0.1, 0.15) is 0 Å². The van der Waals surface area contributed by atoms with E-state index in [1.165, 1.54) is 5.56 Å². The molecule has 2 aromatic rings. The Labute approximate surface area is 107 Å². The van der Waals surface area contributed by atoms with E-state index in [4.69, 9.17) is 11.6 Å². The summed E-state index contributed by atoms with van der Waals surface area (Å²) in [6.07, 6.45) is 0. The summed E-state index contributed by atoms with van der Waals surface area (Å²) in [5, 5.41) is 8.32. The summed E-state index contributed by atoms with van der Waals surface area (Å²) in [5.74, 6) is 0. The molecule has 0 saturated carbocycles. The molecule has 2 rings (SSSR count). The molecule has 0 unspecified atom stereocenters. The third kappa shape index (κ3) is 2.83. The Balaban J connectivity index is 2.33. The minimum Gasteiger partial charge on any atom is -0.149 e. The molecule has 0 aliphatic rings. The van der Waals surface area contributed by atoms with Crippen LogP contribution in [0.3, 0.4) is 0 Å². The molecule has 0 bridgehead atoms. The molecule has 0 radical (unpaired) electrons. The van der Waals surface area contributed by atoms with Gasteiger partial charge in [-0.3, -0.25) is 0 Å². The minimum atomic E-state index is 0.171. The maximum Gasteiger partial charge on any atom is 0.151 e. The number of rotatable bonds is 1. The van der Waals surface area contributed by atoms with E-state index in [2.05, 4.69) is 55.2 Å². The molecule has 0 atom stereocenters. The second-order valence-corrected chi connectivity index (χ2v) is 5.46. The maximum atomic E-state index is 5.71. The summed E-state index contributed by atoms with van der Waals surface area (Å²) in [6, 6.07) is 12.0. The zero-order chi connectivity index (χ0) is 12.5. The van der Waals surface area contributed by atoms with E-state index < -0.39 is 0 Å². The normalized spacial score (nSPS) is 11.5. The van der Waals surface area contributed by atoms with Gasteiger partial charge in [-0.2, -0.15) is 0 Å². The molecule has 3 heteroatoms. The zero-order valence-corrected chi connectivity index (χ0v) is 11.0. The largest absolute Gasteiger partial charge is 0.151 e. The number of halogens is 1. The van der Waals surface area contributed by atoms with Gasteiger partial charge in [0.2, 0.25) is 0 Å². The van der Waals surface area contributed by atoms with E-state index in [9.17, 15) is 0 Å². The molecule has 88 valence electrons. The fourth-order valence-electron chi connectivity index (χ4n) is 1.61. The Bertz CT molecular complexity index is 495. The third-order valence-electron chi connectivity index (χ3n) is 2.68. The molecule has 0 spiro atoms. The number of nitrogens with zero attached hydrogens (tertiary/aromatic N) is 2. The average molecular weight is 247 g/mol. The lowest BCUT2D eigenvalue weighted by molar-refractivity contribution is 0.590. The van der Waals surface area contributed by atoms with E-state index in [0.29, 0.717) is 5.15 Å². The second-order valence-electron chi connectivity index (χ2n) is 5.07. The Morgan fingerprint density at radius 3 is 2.00 bits per heavy atom. The minimum absolute atomic E-state index is 0.171. The van der Waals surface area contributed by atoms with Gasteiger partial charge in [-0.15, -0.1) is 10.2 Å². The van der Waals surface area contributed by atoms with E-state index in [1.54, 1.807) is 6.07 Å². The van der Waals surface area contributed by atoms with Crippen molar-refractivity contribution in [2.45, 2.75) is 26.2 Å². The number of benzene rings is 1. The lowest BCUT2D eigenvalue weighted by Crippen LogP contribution is -2.10. The monoisotopic (exact) mass is 246 g/mol. The van der Waals surface area contributed by atoms with Crippen LogP contribution in [-0.2, 0) is 5.41 Å². The highest BCUT2D eigenvalue weighted by Crippen LogP contribution is 2.25. The summed E-state index contributed by atoms with van der Waals surface area (Å²) in [7, 11) is 0. The molecule has 17 heavy (non-hydrogen) atoms. The van der Waals surface area contributed by atoms with E-state index in [-0.39, 0.29) is 5.41 Å². The lowest BCUT2D eigenvalue weighted by Gasteiger charge is -2.19. The van der Waals surface area contributed by atoms with Crippen molar-refractivity contribution >= 4 is 11.6 Å². The molecule has 0 saturated heterocycles. The van der Waals surface area contributed by atoms with Gasteiger partial charge in [0.25, 0.3) is 0 Å². The first-order chi connectivity index (χ1) is 7.97. The van der Waals surface area contributed by atoms with Gasteiger partial charge >= 0.3 is 0 Å². The molecule has 0 fully saturated rings. The Morgan fingerprint density at radius 1 is 0.882 bits per heavy atom. The van der Waals surface area contributed by atoms with Gasteiger partial charge in [-0.25, -0.2) is 0 Å². The van der Waals surface area contributed by atoms with Gasteiger partial charge in [0, 0.05) is 5.56 Å². The summed E-state index contributed by atoms with van der Waals surface area (Å²) in [6.45, 7) is 6.60. The number of hydrogen-bond donors (Lipinski definition) is 0. The van der Waals surface area contributed by atoms with Crippen LogP contribution < -0.4 is 0 Å². The van der Waals surface area contributed by atoms with Gasteiger partial charge in [-0.1, -0.05) is 56.6 Å². The van der Waals surface area contributed by atoms with Crippen LogP contribution in [0.15, 0.2) is 36.4 Å². The van der Waals surface area contributed by atoms with Crippen LogP contribution in [0.2, 0.25) is 5.15 Å². The Morgan fingerprint density at radius 2 is 1.53 bits per heavy atom. The molecule has 2 nitrogen and oxygen atoms in total. The Kier molecular flexibility index (Phi) is 3.16. The van der Waals surface area contributed by atoms with Gasteiger partial charge in [0.15, 0.2) is 5.15 Å². The Hall–Kier alpha value is -1.41. The highest BCUT2D eigenvalue weighted by Gasteiger charge is 2.13. The highest BCUT2D eigenvalue weighted by molar-refractivity contribution is 6.29. The molecule has 0 amide bonds. The van der Waals surface area contributed by atoms with Gasteiger partial charge in [0.05, 0.1) is 5.69 Å². The van der Waals surface area contributed by atoms with E-state index in [1.807, 2.05) is 6.07 Å². The predicted molar refractivity (Wildman–Crippen MR) is 71.2 cm³/mol. The lowest BCUT2D eigenvalue weighted by atomic mass is 9.86. The van der Waals surface area contributed by atoms with E-state index >= 15 is 0 Å². The van der Waals surface area contributed by atoms with Gasteiger partial charge in [-0.05, 0) is 23.1 Å². The van der Waals surface area contributed by atoms with Crippen molar-refractivity contribution in [1.82, 2.24) is 10.2 Å². The SMILES string of the molecule is CC(C)(C)c1ccc(-c2ccc(Cl)nn2)cc1. The first kappa shape index (κ1) is 12.1. The smallest absolute Gasteiger partial charge is 0.149 e. The van der Waals surface area contributed by atoms with Crippen molar-refractivity contribution in [3.63, 3.8) is 0 Å². The van der Waals surface area contributed by atoms with Crippen LogP contribution in [0, 0.1) is 0 Å². The van der Waals surface area contributed by atoms with Crippen LogP contribution >= 0.6 is 11.6 Å². The topological polar surface area (TPSA) is 25.8 Å². The van der Waals surface area contributed by atoms with Crippen molar-refractivity contribution in [2.75, 3.05) is 0 Å². The molecule has 0 aliphatic heterocycles. The van der Waals surface area contributed by atoms with Crippen LogP contribution in [0.25, 0.3) is 11.3 Å². The number of aromatic nitrogens is 2. The fraction of sp³-hybridized carbons (Fsp3) is 0.286. The van der Waals surface area contributed by atoms with Crippen molar-refractivity contribution < 1.29 is 0 Å². The number of hydrogen-bond acceptors (Lipinski definition) is 2. The quantitative estimate of drug-likeness (QED) is 0.757. The molecule has 0 N–H and O–H groups in total. The average Bonchev–Trinajstić information content (AvgIpc) is 2.29.